The number of carbonyl (C=O) groups excluding carboxylic acids is 2. The van der Waals surface area contributed by atoms with E-state index in [1.165, 1.54) is 19.2 Å². The van der Waals surface area contributed by atoms with Crippen LogP contribution in [0.4, 0.5) is 4.39 Å². The van der Waals surface area contributed by atoms with Crippen LogP contribution in [0.5, 0.6) is 5.75 Å². The fourth-order valence-corrected chi connectivity index (χ4v) is 2.21. The van der Waals surface area contributed by atoms with Gasteiger partial charge in [-0.05, 0) is 23.6 Å². The molecule has 0 saturated heterocycles. The molecule has 0 spiro atoms. The van der Waals surface area contributed by atoms with E-state index in [0.29, 0.717) is 12.3 Å². The van der Waals surface area contributed by atoms with E-state index in [4.69, 9.17) is 9.47 Å². The zero-order valence-corrected chi connectivity index (χ0v) is 14.1. The van der Waals surface area contributed by atoms with Crippen molar-refractivity contribution in [2.24, 2.45) is 0 Å². The molecule has 25 heavy (non-hydrogen) atoms. The highest BCUT2D eigenvalue weighted by Crippen LogP contribution is 2.17. The molecule has 0 aliphatic rings. The summed E-state index contributed by atoms with van der Waals surface area (Å²) in [6.45, 7) is 1.93. The lowest BCUT2D eigenvalue weighted by molar-refractivity contribution is -0.124. The molecule has 2 rings (SSSR count). The number of rotatable bonds is 7. The van der Waals surface area contributed by atoms with Crippen molar-refractivity contribution in [2.75, 3.05) is 20.3 Å². The third-order valence-electron chi connectivity index (χ3n) is 3.70. The van der Waals surface area contributed by atoms with Crippen molar-refractivity contribution < 1.29 is 23.5 Å². The van der Waals surface area contributed by atoms with Crippen LogP contribution in [0.25, 0.3) is 0 Å². The van der Waals surface area contributed by atoms with Crippen LogP contribution < -0.4 is 10.1 Å². The van der Waals surface area contributed by atoms with Gasteiger partial charge in [-0.1, -0.05) is 37.3 Å². The van der Waals surface area contributed by atoms with E-state index in [1.54, 1.807) is 0 Å². The van der Waals surface area contributed by atoms with Crippen molar-refractivity contribution in [1.29, 1.82) is 0 Å². The molecular weight excluding hydrogens is 325 g/mol. The number of carbonyl (C=O) groups is 2. The maximum atomic E-state index is 13.8. The van der Waals surface area contributed by atoms with Gasteiger partial charge >= 0.3 is 5.97 Å². The molecule has 2 aromatic rings. The summed E-state index contributed by atoms with van der Waals surface area (Å²) in [7, 11) is 1.40. The van der Waals surface area contributed by atoms with Crippen molar-refractivity contribution in [3.8, 4) is 5.75 Å². The van der Waals surface area contributed by atoms with E-state index in [9.17, 15) is 14.0 Å². The lowest BCUT2D eigenvalue weighted by Gasteiger charge is -2.13. The van der Waals surface area contributed by atoms with Crippen molar-refractivity contribution in [1.82, 2.24) is 5.32 Å². The number of benzene rings is 2. The zero-order chi connectivity index (χ0) is 18.2. The Morgan fingerprint density at radius 2 is 1.88 bits per heavy atom. The summed E-state index contributed by atoms with van der Waals surface area (Å²) in [5, 5.41) is 2.69. The second-order valence-corrected chi connectivity index (χ2v) is 5.54. The summed E-state index contributed by atoms with van der Waals surface area (Å²) in [5.41, 5.74) is 0.853. The van der Waals surface area contributed by atoms with Crippen LogP contribution in [-0.2, 0) is 9.53 Å². The van der Waals surface area contributed by atoms with Gasteiger partial charge in [-0.25, -0.2) is 9.18 Å². The maximum absolute atomic E-state index is 13.8. The van der Waals surface area contributed by atoms with Gasteiger partial charge in [-0.2, -0.15) is 0 Å². The molecule has 0 bridgehead atoms. The third kappa shape index (κ3) is 5.31. The highest BCUT2D eigenvalue weighted by atomic mass is 19.1. The number of methoxy groups -OCH3 is 1. The topological polar surface area (TPSA) is 64.6 Å². The summed E-state index contributed by atoms with van der Waals surface area (Å²) < 4.78 is 23.5. The largest absolute Gasteiger partial charge is 0.497 e. The normalized spacial score (nSPS) is 11.5. The molecule has 1 amide bonds. The van der Waals surface area contributed by atoms with Crippen LogP contribution >= 0.6 is 0 Å². The fraction of sp³-hybridized carbons (Fsp3) is 0.263. The number of hydrogen-bond donors (Lipinski definition) is 1. The SMILES string of the molecule is COc1ccc(C(=O)OCC(=O)NC[C@H](C)c2ccccc2)c(F)c1. The van der Waals surface area contributed by atoms with E-state index in [0.717, 1.165) is 11.6 Å². The minimum absolute atomic E-state index is 0.125. The lowest BCUT2D eigenvalue weighted by atomic mass is 10.0. The standard InChI is InChI=1S/C19H20FNO4/c1-13(14-6-4-3-5-7-14)11-21-18(22)12-25-19(23)16-9-8-15(24-2)10-17(16)20/h3-10,13H,11-12H2,1-2H3,(H,21,22)/t13-/m0/s1. The molecule has 0 aliphatic carbocycles. The maximum Gasteiger partial charge on any atom is 0.341 e. The first-order valence-electron chi connectivity index (χ1n) is 7.83. The van der Waals surface area contributed by atoms with Crippen LogP contribution in [0.15, 0.2) is 48.5 Å². The zero-order valence-electron chi connectivity index (χ0n) is 14.1. The molecule has 1 N–H and O–H groups in total. The molecule has 0 unspecified atom stereocenters. The summed E-state index contributed by atoms with van der Waals surface area (Å²) in [4.78, 5) is 23.6. The van der Waals surface area contributed by atoms with E-state index in [2.05, 4.69) is 5.32 Å². The van der Waals surface area contributed by atoms with Crippen molar-refractivity contribution in [3.63, 3.8) is 0 Å². The first-order chi connectivity index (χ1) is 12.0. The number of halogens is 1. The number of hydrogen-bond acceptors (Lipinski definition) is 4. The van der Waals surface area contributed by atoms with Gasteiger partial charge in [0.25, 0.3) is 5.91 Å². The first-order valence-corrected chi connectivity index (χ1v) is 7.83. The monoisotopic (exact) mass is 345 g/mol. The average molecular weight is 345 g/mol. The second kappa shape index (κ2) is 8.82. The molecule has 0 saturated carbocycles. The third-order valence-corrected chi connectivity index (χ3v) is 3.70. The fourth-order valence-electron chi connectivity index (χ4n) is 2.21. The first kappa shape index (κ1) is 18.4. The van der Waals surface area contributed by atoms with E-state index in [1.807, 2.05) is 37.3 Å². The molecule has 2 aromatic carbocycles. The van der Waals surface area contributed by atoms with Crippen LogP contribution in [-0.4, -0.2) is 32.1 Å². The summed E-state index contributed by atoms with van der Waals surface area (Å²) >= 11 is 0. The molecule has 0 aromatic heterocycles. The number of nitrogens with one attached hydrogen (secondary N) is 1. The van der Waals surface area contributed by atoms with Gasteiger partial charge in [0.15, 0.2) is 6.61 Å². The minimum atomic E-state index is -0.897. The van der Waals surface area contributed by atoms with Crippen LogP contribution in [0.2, 0.25) is 0 Å². The molecule has 132 valence electrons. The van der Waals surface area contributed by atoms with Crippen LogP contribution in [0, 0.1) is 5.82 Å². The second-order valence-electron chi connectivity index (χ2n) is 5.54. The molecular formula is C19H20FNO4. The molecule has 0 heterocycles. The highest BCUT2D eigenvalue weighted by Gasteiger charge is 2.16. The van der Waals surface area contributed by atoms with Crippen molar-refractivity contribution in [3.05, 3.63) is 65.5 Å². The molecule has 0 radical (unpaired) electrons. The van der Waals surface area contributed by atoms with E-state index < -0.39 is 24.3 Å². The smallest absolute Gasteiger partial charge is 0.341 e. The Bertz CT molecular complexity index is 733. The summed E-state index contributed by atoms with van der Waals surface area (Å²) in [6, 6.07) is 13.5. The molecule has 1 atom stereocenters. The molecule has 0 fully saturated rings. The van der Waals surface area contributed by atoms with Gasteiger partial charge in [0.1, 0.15) is 11.6 Å². The summed E-state index contributed by atoms with van der Waals surface area (Å²) in [6.07, 6.45) is 0. The Kier molecular flexibility index (Phi) is 6.51. The lowest BCUT2D eigenvalue weighted by Crippen LogP contribution is -2.31. The van der Waals surface area contributed by atoms with Gasteiger partial charge in [0.2, 0.25) is 0 Å². The Balaban J connectivity index is 1.80. The molecule has 5 nitrogen and oxygen atoms in total. The number of esters is 1. The van der Waals surface area contributed by atoms with Gasteiger partial charge in [-0.3, -0.25) is 4.79 Å². The van der Waals surface area contributed by atoms with Gasteiger partial charge in [-0.15, -0.1) is 0 Å². The van der Waals surface area contributed by atoms with Crippen LogP contribution in [0.3, 0.4) is 0 Å². The number of ether oxygens (including phenoxy) is 2. The van der Waals surface area contributed by atoms with Crippen molar-refractivity contribution >= 4 is 11.9 Å². The molecule has 6 heteroatoms. The van der Waals surface area contributed by atoms with E-state index in [-0.39, 0.29) is 11.5 Å². The van der Waals surface area contributed by atoms with Crippen LogP contribution in [0.1, 0.15) is 28.8 Å². The predicted molar refractivity (Wildman–Crippen MR) is 91.1 cm³/mol. The number of amides is 1. The van der Waals surface area contributed by atoms with Gasteiger partial charge in [0.05, 0.1) is 12.7 Å². The van der Waals surface area contributed by atoms with Gasteiger partial charge in [0, 0.05) is 12.6 Å². The Hall–Kier alpha value is -2.89. The Morgan fingerprint density at radius 1 is 1.16 bits per heavy atom. The minimum Gasteiger partial charge on any atom is -0.497 e. The predicted octanol–water partition coefficient (Wildman–Crippen LogP) is 2.91. The van der Waals surface area contributed by atoms with E-state index >= 15 is 0 Å². The molecule has 0 aliphatic heterocycles. The quantitative estimate of drug-likeness (QED) is 0.784. The van der Waals surface area contributed by atoms with Gasteiger partial charge < -0.3 is 14.8 Å². The average Bonchev–Trinajstić information content (AvgIpc) is 2.64. The Morgan fingerprint density at radius 3 is 2.52 bits per heavy atom. The van der Waals surface area contributed by atoms with Crippen molar-refractivity contribution in [2.45, 2.75) is 12.8 Å². The highest BCUT2D eigenvalue weighted by molar-refractivity contribution is 5.91. The summed E-state index contributed by atoms with van der Waals surface area (Å²) in [5.74, 6) is -1.68. The Labute approximate surface area is 145 Å².